The molecule has 1 aromatic rings. The molecule has 3 nitrogen and oxygen atoms in total. The summed E-state index contributed by atoms with van der Waals surface area (Å²) in [6.45, 7) is 8.15. The summed E-state index contributed by atoms with van der Waals surface area (Å²) in [6, 6.07) is 6.16. The zero-order chi connectivity index (χ0) is 12.8. The van der Waals surface area contributed by atoms with Crippen molar-refractivity contribution in [3.63, 3.8) is 0 Å². The van der Waals surface area contributed by atoms with E-state index in [0.29, 0.717) is 0 Å². The molecule has 0 aromatic heterocycles. The molecular weight excluding hydrogens is 212 g/mol. The fourth-order valence-corrected chi connectivity index (χ4v) is 1.68. The van der Waals surface area contributed by atoms with Gasteiger partial charge < -0.3 is 10.6 Å². The normalized spacial score (nSPS) is 12.0. The molecule has 94 valence electrons. The fraction of sp³-hybridized carbons (Fsp3) is 0.500. The van der Waals surface area contributed by atoms with Crippen molar-refractivity contribution in [2.45, 2.75) is 46.6 Å². The molecule has 3 heteroatoms. The van der Waals surface area contributed by atoms with Crippen LogP contribution in [-0.4, -0.2) is 12.1 Å². The van der Waals surface area contributed by atoms with E-state index in [9.17, 15) is 4.79 Å². The van der Waals surface area contributed by atoms with Crippen molar-refractivity contribution in [3.05, 3.63) is 29.3 Å². The molecule has 0 aliphatic carbocycles. The number of para-hydroxylation sites is 1. The molecule has 0 radical (unpaired) electrons. The van der Waals surface area contributed by atoms with Crippen molar-refractivity contribution in [2.24, 2.45) is 0 Å². The third-order valence-electron chi connectivity index (χ3n) is 2.97. The molecular formula is C14H22N2O. The number of hydrogen-bond donors (Lipinski definition) is 2. The van der Waals surface area contributed by atoms with Crippen molar-refractivity contribution in [1.82, 2.24) is 5.32 Å². The van der Waals surface area contributed by atoms with E-state index in [-0.39, 0.29) is 12.1 Å². The maximum atomic E-state index is 11.8. The Hall–Kier alpha value is -1.51. The summed E-state index contributed by atoms with van der Waals surface area (Å²) in [5, 5.41) is 5.85. The number of aryl methyl sites for hydroxylation is 2. The van der Waals surface area contributed by atoms with Crippen molar-refractivity contribution in [3.8, 4) is 0 Å². The molecule has 1 atom stereocenters. The van der Waals surface area contributed by atoms with Crippen LogP contribution < -0.4 is 10.6 Å². The minimum atomic E-state index is -0.122. The lowest BCUT2D eigenvalue weighted by molar-refractivity contribution is 0.249. The number of hydrogen-bond acceptors (Lipinski definition) is 1. The minimum Gasteiger partial charge on any atom is -0.335 e. The summed E-state index contributed by atoms with van der Waals surface area (Å²) in [5.74, 6) is 0. The zero-order valence-electron chi connectivity index (χ0n) is 11.1. The van der Waals surface area contributed by atoms with Gasteiger partial charge in [-0.05, 0) is 37.8 Å². The van der Waals surface area contributed by atoms with Crippen molar-refractivity contribution in [1.29, 1.82) is 0 Å². The van der Waals surface area contributed by atoms with Crippen LogP contribution in [-0.2, 0) is 6.42 Å². The molecule has 0 heterocycles. The van der Waals surface area contributed by atoms with Crippen molar-refractivity contribution in [2.75, 3.05) is 5.32 Å². The van der Waals surface area contributed by atoms with Gasteiger partial charge in [0.1, 0.15) is 0 Å². The third-order valence-corrected chi connectivity index (χ3v) is 2.97. The van der Waals surface area contributed by atoms with Gasteiger partial charge in [-0.2, -0.15) is 0 Å². The Morgan fingerprint density at radius 3 is 2.65 bits per heavy atom. The van der Waals surface area contributed by atoms with Crippen LogP contribution >= 0.6 is 0 Å². The highest BCUT2D eigenvalue weighted by Crippen LogP contribution is 2.20. The van der Waals surface area contributed by atoms with E-state index in [0.717, 1.165) is 24.1 Å². The molecule has 1 aromatic carbocycles. The number of carbonyl (C=O) groups excluding carboxylic acids is 1. The molecule has 17 heavy (non-hydrogen) atoms. The van der Waals surface area contributed by atoms with Gasteiger partial charge in [0.05, 0.1) is 0 Å². The standard InChI is InChI=1S/C14H22N2O/c1-5-11(4)15-14(17)16-13-10(3)8-7-9-12(13)6-2/h7-9,11H,5-6H2,1-4H3,(H2,15,16,17)/t11-/m1/s1. The van der Waals surface area contributed by atoms with E-state index >= 15 is 0 Å². The Bertz CT molecular complexity index is 388. The maximum absolute atomic E-state index is 11.8. The number of rotatable bonds is 4. The first-order valence-electron chi connectivity index (χ1n) is 6.24. The van der Waals surface area contributed by atoms with Crippen LogP contribution in [0.1, 0.15) is 38.3 Å². The maximum Gasteiger partial charge on any atom is 0.319 e. The molecule has 1 rings (SSSR count). The minimum absolute atomic E-state index is 0.122. The van der Waals surface area contributed by atoms with Crippen LogP contribution in [0.2, 0.25) is 0 Å². The predicted molar refractivity (Wildman–Crippen MR) is 72.5 cm³/mol. The zero-order valence-corrected chi connectivity index (χ0v) is 11.1. The number of urea groups is 1. The molecule has 0 spiro atoms. The van der Waals surface area contributed by atoms with Gasteiger partial charge in [0.25, 0.3) is 0 Å². The number of amides is 2. The predicted octanol–water partition coefficient (Wildman–Crippen LogP) is 3.48. The molecule has 2 amide bonds. The van der Waals surface area contributed by atoms with E-state index in [1.165, 1.54) is 5.56 Å². The van der Waals surface area contributed by atoms with E-state index < -0.39 is 0 Å². The van der Waals surface area contributed by atoms with E-state index in [4.69, 9.17) is 0 Å². The lowest BCUT2D eigenvalue weighted by atomic mass is 10.1. The van der Waals surface area contributed by atoms with Crippen LogP contribution in [0, 0.1) is 6.92 Å². The van der Waals surface area contributed by atoms with E-state index in [2.05, 4.69) is 24.5 Å². The smallest absolute Gasteiger partial charge is 0.319 e. The first-order valence-corrected chi connectivity index (χ1v) is 6.24. The van der Waals surface area contributed by atoms with Gasteiger partial charge in [-0.25, -0.2) is 4.79 Å². The molecule has 0 saturated carbocycles. The Balaban J connectivity index is 2.77. The second kappa shape index (κ2) is 6.28. The molecule has 0 aliphatic heterocycles. The van der Waals surface area contributed by atoms with Gasteiger partial charge in [-0.1, -0.05) is 32.0 Å². The first kappa shape index (κ1) is 13.6. The molecule has 0 fully saturated rings. The topological polar surface area (TPSA) is 41.1 Å². The summed E-state index contributed by atoms with van der Waals surface area (Å²) in [4.78, 5) is 11.8. The number of carbonyl (C=O) groups is 1. The van der Waals surface area contributed by atoms with Gasteiger partial charge >= 0.3 is 6.03 Å². The van der Waals surface area contributed by atoms with Gasteiger partial charge in [-0.3, -0.25) is 0 Å². The van der Waals surface area contributed by atoms with E-state index in [1.54, 1.807) is 0 Å². The van der Waals surface area contributed by atoms with Gasteiger partial charge in [0, 0.05) is 11.7 Å². The first-order chi connectivity index (χ1) is 8.08. The molecule has 2 N–H and O–H groups in total. The number of nitrogens with one attached hydrogen (secondary N) is 2. The number of benzene rings is 1. The highest BCUT2D eigenvalue weighted by molar-refractivity contribution is 5.91. The summed E-state index contributed by atoms with van der Waals surface area (Å²) in [5.41, 5.74) is 3.21. The average Bonchev–Trinajstić information content (AvgIpc) is 2.31. The monoisotopic (exact) mass is 234 g/mol. The average molecular weight is 234 g/mol. The number of anilines is 1. The SMILES string of the molecule is CCc1cccc(C)c1NC(=O)N[C@H](C)CC. The summed E-state index contributed by atoms with van der Waals surface area (Å²) >= 11 is 0. The highest BCUT2D eigenvalue weighted by Gasteiger charge is 2.09. The van der Waals surface area contributed by atoms with Gasteiger partial charge in [-0.15, -0.1) is 0 Å². The molecule has 0 bridgehead atoms. The third kappa shape index (κ3) is 3.77. The molecule has 0 saturated heterocycles. The van der Waals surface area contributed by atoms with Crippen molar-refractivity contribution >= 4 is 11.7 Å². The Kier molecular flexibility index (Phi) is 5.01. The summed E-state index contributed by atoms with van der Waals surface area (Å²) in [6.07, 6.45) is 1.85. The Morgan fingerprint density at radius 2 is 2.06 bits per heavy atom. The fourth-order valence-electron chi connectivity index (χ4n) is 1.68. The van der Waals surface area contributed by atoms with Crippen LogP contribution in [0.15, 0.2) is 18.2 Å². The second-order valence-corrected chi connectivity index (χ2v) is 4.37. The Labute approximate surface area is 104 Å². The van der Waals surface area contributed by atoms with Crippen LogP contribution in [0.5, 0.6) is 0 Å². The lowest BCUT2D eigenvalue weighted by Crippen LogP contribution is -2.36. The highest BCUT2D eigenvalue weighted by atomic mass is 16.2. The van der Waals surface area contributed by atoms with Gasteiger partial charge in [0.2, 0.25) is 0 Å². The van der Waals surface area contributed by atoms with Gasteiger partial charge in [0.15, 0.2) is 0 Å². The van der Waals surface area contributed by atoms with Crippen LogP contribution in [0.25, 0.3) is 0 Å². The van der Waals surface area contributed by atoms with E-state index in [1.807, 2.05) is 32.0 Å². The lowest BCUT2D eigenvalue weighted by Gasteiger charge is -2.16. The van der Waals surface area contributed by atoms with Crippen LogP contribution in [0.4, 0.5) is 10.5 Å². The second-order valence-electron chi connectivity index (χ2n) is 4.37. The van der Waals surface area contributed by atoms with Crippen LogP contribution in [0.3, 0.4) is 0 Å². The molecule has 0 unspecified atom stereocenters. The largest absolute Gasteiger partial charge is 0.335 e. The van der Waals surface area contributed by atoms with Crippen molar-refractivity contribution < 1.29 is 4.79 Å². The summed E-state index contributed by atoms with van der Waals surface area (Å²) < 4.78 is 0. The Morgan fingerprint density at radius 1 is 1.35 bits per heavy atom. The molecule has 0 aliphatic rings. The quantitative estimate of drug-likeness (QED) is 0.822. The summed E-state index contributed by atoms with van der Waals surface area (Å²) in [7, 11) is 0.